The molecule has 2 N–H and O–H groups in total. The predicted octanol–water partition coefficient (Wildman–Crippen LogP) is 2.78. The van der Waals surface area contributed by atoms with Gasteiger partial charge in [-0.15, -0.1) is 0 Å². The Morgan fingerprint density at radius 3 is 2.47 bits per heavy atom. The summed E-state index contributed by atoms with van der Waals surface area (Å²) in [4.78, 5) is 31.8. The summed E-state index contributed by atoms with van der Waals surface area (Å²) in [7, 11) is -3.55. The average Bonchev–Trinajstić information content (AvgIpc) is 2.79. The van der Waals surface area contributed by atoms with E-state index in [1.54, 1.807) is 61.5 Å². The van der Waals surface area contributed by atoms with E-state index in [9.17, 15) is 18.0 Å². The van der Waals surface area contributed by atoms with E-state index >= 15 is 0 Å². The number of aryl methyl sites for hydroxylation is 1. The highest BCUT2D eigenvalue weighted by Crippen LogP contribution is 2.25. The van der Waals surface area contributed by atoms with E-state index in [0.29, 0.717) is 48.7 Å². The molecule has 1 amide bonds. The molecule has 1 aliphatic heterocycles. The van der Waals surface area contributed by atoms with Gasteiger partial charge in [-0.3, -0.25) is 9.59 Å². The van der Waals surface area contributed by atoms with E-state index in [2.05, 4.69) is 15.3 Å². The second kappa shape index (κ2) is 9.05. The van der Waals surface area contributed by atoms with Crippen molar-refractivity contribution in [2.24, 2.45) is 5.92 Å². The largest absolute Gasteiger partial charge is 0.326 e. The molecule has 2 aromatic carbocycles. The van der Waals surface area contributed by atoms with Crippen LogP contribution in [0.4, 0.5) is 5.69 Å². The Hall–Kier alpha value is -3.30. The number of hydrogen-bond donors (Lipinski definition) is 2. The molecule has 0 radical (unpaired) electrons. The monoisotopic (exact) mass is 452 g/mol. The number of nitrogens with zero attached hydrogens (tertiary/aromatic N) is 2. The minimum Gasteiger partial charge on any atom is -0.326 e. The first-order valence-corrected chi connectivity index (χ1v) is 11.8. The van der Waals surface area contributed by atoms with Crippen molar-refractivity contribution in [3.8, 4) is 11.4 Å². The minimum absolute atomic E-state index is 0.149. The average molecular weight is 453 g/mol. The van der Waals surface area contributed by atoms with E-state index in [1.807, 2.05) is 0 Å². The van der Waals surface area contributed by atoms with Gasteiger partial charge in [0.25, 0.3) is 5.56 Å². The van der Waals surface area contributed by atoms with Crippen molar-refractivity contribution >= 4 is 21.6 Å². The number of anilines is 1. The Morgan fingerprint density at radius 2 is 1.78 bits per heavy atom. The van der Waals surface area contributed by atoms with Crippen LogP contribution in [0.1, 0.15) is 18.5 Å². The number of benzene rings is 2. The molecule has 3 aromatic rings. The van der Waals surface area contributed by atoms with Gasteiger partial charge >= 0.3 is 0 Å². The topological polar surface area (TPSA) is 112 Å². The van der Waals surface area contributed by atoms with Gasteiger partial charge in [-0.1, -0.05) is 30.3 Å². The zero-order valence-corrected chi connectivity index (χ0v) is 18.4. The highest BCUT2D eigenvalue weighted by Gasteiger charge is 2.32. The van der Waals surface area contributed by atoms with E-state index in [-0.39, 0.29) is 22.3 Å². The van der Waals surface area contributed by atoms with Gasteiger partial charge < -0.3 is 10.3 Å². The van der Waals surface area contributed by atoms with E-state index in [4.69, 9.17) is 0 Å². The second-order valence-corrected chi connectivity index (χ2v) is 9.73. The van der Waals surface area contributed by atoms with E-state index in [1.165, 1.54) is 10.4 Å². The minimum atomic E-state index is -3.55. The third-order valence-electron chi connectivity index (χ3n) is 5.48. The summed E-state index contributed by atoms with van der Waals surface area (Å²) < 4.78 is 27.0. The van der Waals surface area contributed by atoms with E-state index in [0.717, 1.165) is 0 Å². The fourth-order valence-corrected chi connectivity index (χ4v) is 5.30. The van der Waals surface area contributed by atoms with Crippen LogP contribution >= 0.6 is 0 Å². The van der Waals surface area contributed by atoms with Crippen molar-refractivity contribution in [3.05, 3.63) is 76.7 Å². The highest BCUT2D eigenvalue weighted by atomic mass is 32.2. The second-order valence-electron chi connectivity index (χ2n) is 7.80. The number of aromatic amines is 1. The van der Waals surface area contributed by atoms with Gasteiger partial charge in [0.15, 0.2) is 0 Å². The Kier molecular flexibility index (Phi) is 6.20. The molecular weight excluding hydrogens is 428 g/mol. The van der Waals surface area contributed by atoms with Crippen LogP contribution in [0, 0.1) is 12.8 Å². The van der Waals surface area contributed by atoms with Gasteiger partial charge in [-0.05, 0) is 44.0 Å². The van der Waals surface area contributed by atoms with Crippen LogP contribution in [-0.4, -0.2) is 41.7 Å². The number of rotatable bonds is 5. The number of amides is 1. The lowest BCUT2D eigenvalue weighted by Crippen LogP contribution is -2.41. The molecule has 32 heavy (non-hydrogen) atoms. The molecule has 0 bridgehead atoms. The molecule has 1 aromatic heterocycles. The number of carbonyl (C=O) groups is 1. The van der Waals surface area contributed by atoms with Crippen LogP contribution in [0.15, 0.2) is 70.4 Å². The van der Waals surface area contributed by atoms with Crippen LogP contribution in [0.2, 0.25) is 0 Å². The van der Waals surface area contributed by atoms with Crippen LogP contribution in [0.25, 0.3) is 11.4 Å². The fraction of sp³-hybridized carbons (Fsp3) is 0.261. The van der Waals surface area contributed by atoms with Crippen molar-refractivity contribution < 1.29 is 13.2 Å². The van der Waals surface area contributed by atoms with Gasteiger partial charge in [0.2, 0.25) is 15.9 Å². The SMILES string of the molecule is Cc1cc(=O)[nH]c(-c2cccc(NC(=O)C3CCN(S(=O)(=O)c4ccccc4)CC3)c2)n1. The lowest BCUT2D eigenvalue weighted by Gasteiger charge is -2.30. The predicted molar refractivity (Wildman–Crippen MR) is 122 cm³/mol. The zero-order chi connectivity index (χ0) is 22.7. The lowest BCUT2D eigenvalue weighted by molar-refractivity contribution is -0.120. The number of carbonyl (C=O) groups excluding carboxylic acids is 1. The molecule has 1 saturated heterocycles. The van der Waals surface area contributed by atoms with Crippen LogP contribution < -0.4 is 10.9 Å². The van der Waals surface area contributed by atoms with Gasteiger partial charge in [-0.25, -0.2) is 13.4 Å². The number of H-pyrrole nitrogens is 1. The Balaban J connectivity index is 1.41. The summed E-state index contributed by atoms with van der Waals surface area (Å²) in [5.41, 5.74) is 1.65. The standard InChI is InChI=1S/C23H24N4O4S/c1-16-14-21(28)26-22(24-16)18-6-5-7-19(15-18)25-23(29)17-10-12-27(13-11-17)32(30,31)20-8-3-2-4-9-20/h2-9,14-15,17H,10-13H2,1H3,(H,25,29)(H,24,26,28). The van der Waals surface area contributed by atoms with Crippen LogP contribution in [-0.2, 0) is 14.8 Å². The third-order valence-corrected chi connectivity index (χ3v) is 7.39. The number of piperidine rings is 1. The van der Waals surface area contributed by atoms with Gasteiger partial charge in [0, 0.05) is 42.0 Å². The molecule has 1 fully saturated rings. The van der Waals surface area contributed by atoms with Crippen molar-refractivity contribution in [1.29, 1.82) is 0 Å². The number of nitrogens with one attached hydrogen (secondary N) is 2. The number of aromatic nitrogens is 2. The Morgan fingerprint density at radius 1 is 1.06 bits per heavy atom. The van der Waals surface area contributed by atoms with Crippen LogP contribution in [0.3, 0.4) is 0 Å². The molecule has 4 rings (SSSR count). The highest BCUT2D eigenvalue weighted by molar-refractivity contribution is 7.89. The molecule has 9 heteroatoms. The maximum Gasteiger partial charge on any atom is 0.251 e. The summed E-state index contributed by atoms with van der Waals surface area (Å²) in [6, 6.07) is 16.9. The maximum absolute atomic E-state index is 12.8. The maximum atomic E-state index is 12.8. The van der Waals surface area contributed by atoms with Crippen molar-refractivity contribution in [2.45, 2.75) is 24.7 Å². The zero-order valence-electron chi connectivity index (χ0n) is 17.6. The summed E-state index contributed by atoms with van der Waals surface area (Å²) >= 11 is 0. The molecule has 0 saturated carbocycles. The van der Waals surface area contributed by atoms with Crippen molar-refractivity contribution in [1.82, 2.24) is 14.3 Å². The quantitative estimate of drug-likeness (QED) is 0.618. The summed E-state index contributed by atoms with van der Waals surface area (Å²) in [5, 5.41) is 2.91. The molecule has 0 atom stereocenters. The van der Waals surface area contributed by atoms with Gasteiger partial charge in [0.1, 0.15) is 5.82 Å². The first-order valence-electron chi connectivity index (χ1n) is 10.4. The summed E-state index contributed by atoms with van der Waals surface area (Å²) in [6.07, 6.45) is 0.898. The molecule has 8 nitrogen and oxygen atoms in total. The molecule has 166 valence electrons. The molecule has 2 heterocycles. The van der Waals surface area contributed by atoms with Crippen LogP contribution in [0.5, 0.6) is 0 Å². The van der Waals surface area contributed by atoms with Crippen molar-refractivity contribution in [3.63, 3.8) is 0 Å². The normalized spacial score (nSPS) is 15.4. The molecular formula is C23H24N4O4S. The summed E-state index contributed by atoms with van der Waals surface area (Å²) in [6.45, 7) is 2.34. The lowest BCUT2D eigenvalue weighted by atomic mass is 9.97. The van der Waals surface area contributed by atoms with E-state index < -0.39 is 10.0 Å². The molecule has 0 unspecified atom stereocenters. The Bertz CT molecular complexity index is 1280. The number of hydrogen-bond acceptors (Lipinski definition) is 5. The Labute approximate surface area is 186 Å². The molecule has 0 spiro atoms. The third kappa shape index (κ3) is 4.79. The summed E-state index contributed by atoms with van der Waals surface area (Å²) in [5.74, 6) is 0.00732. The fourth-order valence-electron chi connectivity index (χ4n) is 3.80. The van der Waals surface area contributed by atoms with Crippen molar-refractivity contribution in [2.75, 3.05) is 18.4 Å². The van der Waals surface area contributed by atoms with Gasteiger partial charge in [0.05, 0.1) is 4.90 Å². The first kappa shape index (κ1) is 21.9. The number of sulfonamides is 1. The first-order chi connectivity index (χ1) is 15.3. The smallest absolute Gasteiger partial charge is 0.251 e. The molecule has 1 aliphatic rings. The molecule has 0 aliphatic carbocycles. The van der Waals surface area contributed by atoms with Gasteiger partial charge in [-0.2, -0.15) is 4.31 Å².